The Hall–Kier alpha value is -1.73. The summed E-state index contributed by atoms with van der Waals surface area (Å²) in [6, 6.07) is 1.75. The predicted octanol–water partition coefficient (Wildman–Crippen LogP) is 1.08. The van der Waals surface area contributed by atoms with E-state index in [1.165, 1.54) is 22.2 Å². The summed E-state index contributed by atoms with van der Waals surface area (Å²) in [7, 11) is 0. The van der Waals surface area contributed by atoms with Crippen LogP contribution in [-0.4, -0.2) is 44.7 Å². The van der Waals surface area contributed by atoms with Gasteiger partial charge < -0.3 is 10.0 Å². The molecule has 0 aromatic carbocycles. The lowest BCUT2D eigenvalue weighted by Crippen LogP contribution is -2.41. The molecule has 2 aromatic rings. The molecule has 0 spiro atoms. The molecule has 114 valence electrons. The van der Waals surface area contributed by atoms with Crippen molar-refractivity contribution in [3.05, 3.63) is 28.1 Å². The van der Waals surface area contributed by atoms with Gasteiger partial charge in [0.1, 0.15) is 11.4 Å². The number of amides is 1. The highest BCUT2D eigenvalue weighted by Gasteiger charge is 2.18. The number of carbonyl (C=O) groups is 1. The summed E-state index contributed by atoms with van der Waals surface area (Å²) in [6.45, 7) is 4.33. The van der Waals surface area contributed by atoms with Crippen molar-refractivity contribution >= 4 is 27.5 Å². The number of nitrogens with zero attached hydrogens (tertiary/aromatic N) is 3. The number of aliphatic hydroxyl groups is 1. The van der Waals surface area contributed by atoms with E-state index in [4.69, 9.17) is 5.11 Å². The number of hydrogen-bond donors (Lipinski definition) is 1. The Kier molecular flexibility index (Phi) is 5.08. The molecule has 0 aliphatic rings. The second kappa shape index (κ2) is 6.82. The van der Waals surface area contributed by atoms with Crippen molar-refractivity contribution in [3.63, 3.8) is 0 Å². The molecule has 0 aliphatic heterocycles. The van der Waals surface area contributed by atoms with Gasteiger partial charge in [-0.2, -0.15) is 0 Å². The van der Waals surface area contributed by atoms with Crippen molar-refractivity contribution in [2.45, 2.75) is 32.9 Å². The minimum Gasteiger partial charge on any atom is -0.396 e. The first-order valence-corrected chi connectivity index (χ1v) is 7.75. The van der Waals surface area contributed by atoms with Crippen LogP contribution < -0.4 is 5.56 Å². The second-order valence-corrected chi connectivity index (χ2v) is 5.97. The van der Waals surface area contributed by atoms with Crippen molar-refractivity contribution in [3.8, 4) is 0 Å². The minimum atomic E-state index is -0.194. The fourth-order valence-electron chi connectivity index (χ4n) is 2.15. The van der Waals surface area contributed by atoms with E-state index in [1.54, 1.807) is 11.0 Å². The Morgan fingerprint density at radius 3 is 2.95 bits per heavy atom. The van der Waals surface area contributed by atoms with Crippen LogP contribution in [0, 0.1) is 0 Å². The van der Waals surface area contributed by atoms with E-state index in [-0.39, 0.29) is 30.7 Å². The summed E-state index contributed by atoms with van der Waals surface area (Å²) in [5.41, 5.74) is -0.194. The van der Waals surface area contributed by atoms with Crippen LogP contribution in [0.15, 0.2) is 22.6 Å². The minimum absolute atomic E-state index is 0.0255. The SMILES string of the molecule is CC(C)N(CCCO)C(=O)Cn1cnc2sccc2c1=O. The molecule has 7 heteroatoms. The van der Waals surface area contributed by atoms with Gasteiger partial charge >= 0.3 is 0 Å². The van der Waals surface area contributed by atoms with E-state index in [9.17, 15) is 9.59 Å². The molecule has 21 heavy (non-hydrogen) atoms. The molecular weight excluding hydrogens is 290 g/mol. The van der Waals surface area contributed by atoms with Crippen LogP contribution in [0.3, 0.4) is 0 Å². The maximum atomic E-state index is 12.3. The van der Waals surface area contributed by atoms with E-state index in [2.05, 4.69) is 4.98 Å². The first kappa shape index (κ1) is 15.7. The van der Waals surface area contributed by atoms with Crippen LogP contribution in [0.2, 0.25) is 0 Å². The number of hydrogen-bond acceptors (Lipinski definition) is 5. The lowest BCUT2D eigenvalue weighted by atomic mass is 10.2. The lowest BCUT2D eigenvalue weighted by Gasteiger charge is -2.26. The highest BCUT2D eigenvalue weighted by Crippen LogP contribution is 2.13. The van der Waals surface area contributed by atoms with Gasteiger partial charge in [-0.1, -0.05) is 0 Å². The average molecular weight is 309 g/mol. The standard InChI is InChI=1S/C14H19N3O3S/c1-10(2)17(5-3-6-18)12(19)8-16-9-15-13-11(14(16)20)4-7-21-13/h4,7,9-10,18H,3,5-6,8H2,1-2H3. The Labute approximate surface area is 126 Å². The van der Waals surface area contributed by atoms with Crippen LogP contribution in [0.1, 0.15) is 20.3 Å². The van der Waals surface area contributed by atoms with Gasteiger partial charge in [0.25, 0.3) is 5.56 Å². The van der Waals surface area contributed by atoms with E-state index < -0.39 is 0 Å². The molecule has 0 atom stereocenters. The molecule has 0 radical (unpaired) electrons. The molecule has 2 heterocycles. The number of rotatable bonds is 6. The smallest absolute Gasteiger partial charge is 0.262 e. The third-order valence-electron chi connectivity index (χ3n) is 3.26. The summed E-state index contributed by atoms with van der Waals surface area (Å²) >= 11 is 1.40. The molecule has 2 aromatic heterocycles. The van der Waals surface area contributed by atoms with Crippen LogP contribution in [0.25, 0.3) is 10.2 Å². The molecule has 0 bridgehead atoms. The maximum Gasteiger partial charge on any atom is 0.262 e. The molecule has 0 unspecified atom stereocenters. The third-order valence-corrected chi connectivity index (χ3v) is 4.08. The summed E-state index contributed by atoms with van der Waals surface area (Å²) in [5.74, 6) is -0.142. The summed E-state index contributed by atoms with van der Waals surface area (Å²) < 4.78 is 1.34. The zero-order chi connectivity index (χ0) is 15.4. The number of fused-ring (bicyclic) bond motifs is 1. The number of aliphatic hydroxyl groups excluding tert-OH is 1. The molecule has 0 aliphatic carbocycles. The van der Waals surface area contributed by atoms with Gasteiger partial charge in [-0.05, 0) is 31.7 Å². The van der Waals surface area contributed by atoms with Gasteiger partial charge in [0.15, 0.2) is 0 Å². The highest BCUT2D eigenvalue weighted by atomic mass is 32.1. The molecule has 0 fully saturated rings. The quantitative estimate of drug-likeness (QED) is 0.866. The van der Waals surface area contributed by atoms with Crippen molar-refractivity contribution in [1.29, 1.82) is 0 Å². The average Bonchev–Trinajstić information content (AvgIpc) is 2.91. The Morgan fingerprint density at radius 1 is 1.52 bits per heavy atom. The molecule has 6 nitrogen and oxygen atoms in total. The zero-order valence-electron chi connectivity index (χ0n) is 12.2. The second-order valence-electron chi connectivity index (χ2n) is 5.08. The Balaban J connectivity index is 2.19. The Bertz CT molecular complexity index is 677. The van der Waals surface area contributed by atoms with Crippen molar-refractivity contribution in [2.75, 3.05) is 13.2 Å². The lowest BCUT2D eigenvalue weighted by molar-refractivity contribution is -0.133. The van der Waals surface area contributed by atoms with Crippen LogP contribution in [0.5, 0.6) is 0 Å². The molecular formula is C14H19N3O3S. The van der Waals surface area contributed by atoms with Crippen molar-refractivity contribution in [2.24, 2.45) is 0 Å². The molecule has 1 N–H and O–H groups in total. The fraction of sp³-hybridized carbons (Fsp3) is 0.500. The first-order chi connectivity index (χ1) is 10.0. The normalized spacial score (nSPS) is 11.2. The van der Waals surface area contributed by atoms with E-state index >= 15 is 0 Å². The number of carbonyl (C=O) groups excluding carboxylic acids is 1. The monoisotopic (exact) mass is 309 g/mol. The van der Waals surface area contributed by atoms with Crippen molar-refractivity contribution < 1.29 is 9.90 Å². The third kappa shape index (κ3) is 3.48. The molecule has 0 saturated heterocycles. The van der Waals surface area contributed by atoms with Gasteiger partial charge in [-0.25, -0.2) is 4.98 Å². The van der Waals surface area contributed by atoms with Gasteiger partial charge in [0, 0.05) is 19.2 Å². The van der Waals surface area contributed by atoms with Gasteiger partial charge in [0.05, 0.1) is 11.7 Å². The van der Waals surface area contributed by atoms with Crippen LogP contribution >= 0.6 is 11.3 Å². The van der Waals surface area contributed by atoms with Crippen molar-refractivity contribution in [1.82, 2.24) is 14.5 Å². The zero-order valence-corrected chi connectivity index (χ0v) is 13.0. The number of aromatic nitrogens is 2. The molecule has 0 saturated carbocycles. The van der Waals surface area contributed by atoms with Gasteiger partial charge in [-0.3, -0.25) is 14.2 Å². The summed E-state index contributed by atoms with van der Waals surface area (Å²) in [5, 5.41) is 11.3. The Morgan fingerprint density at radius 2 is 2.29 bits per heavy atom. The topological polar surface area (TPSA) is 75.4 Å². The first-order valence-electron chi connectivity index (χ1n) is 6.87. The van der Waals surface area contributed by atoms with Gasteiger partial charge in [0.2, 0.25) is 5.91 Å². The van der Waals surface area contributed by atoms with E-state index in [0.29, 0.717) is 23.2 Å². The van der Waals surface area contributed by atoms with Crippen LogP contribution in [0.4, 0.5) is 0 Å². The summed E-state index contributed by atoms with van der Waals surface area (Å²) in [4.78, 5) is 31.1. The highest BCUT2D eigenvalue weighted by molar-refractivity contribution is 7.16. The largest absolute Gasteiger partial charge is 0.396 e. The molecule has 1 amide bonds. The van der Waals surface area contributed by atoms with E-state index in [1.807, 2.05) is 19.2 Å². The van der Waals surface area contributed by atoms with Gasteiger partial charge in [-0.15, -0.1) is 11.3 Å². The summed E-state index contributed by atoms with van der Waals surface area (Å²) in [6.07, 6.45) is 1.95. The fourth-order valence-corrected chi connectivity index (χ4v) is 2.88. The number of thiophene rings is 1. The van der Waals surface area contributed by atoms with E-state index in [0.717, 1.165) is 0 Å². The maximum absolute atomic E-state index is 12.3. The van der Waals surface area contributed by atoms with Crippen LogP contribution in [-0.2, 0) is 11.3 Å². The predicted molar refractivity (Wildman–Crippen MR) is 82.4 cm³/mol. The molecule has 2 rings (SSSR count).